The molecule has 0 aliphatic heterocycles. The Morgan fingerprint density at radius 2 is 1.70 bits per heavy atom. The molecule has 5 nitrogen and oxygen atoms in total. The Bertz CT molecular complexity index is 680. The Hall–Kier alpha value is -2.34. The standard InChI is InChI=1S/C14H14N2O3S/c1-19-13-9-7-12(8-10-13)11-15-16-20(17,18)14-5-3-2-4-6-14/h2-11,16H,1H3/b15-11-. The Balaban J connectivity index is 2.05. The van der Waals surface area contributed by atoms with E-state index in [1.165, 1.54) is 18.3 Å². The molecule has 0 aliphatic rings. The summed E-state index contributed by atoms with van der Waals surface area (Å²) in [6.45, 7) is 0. The van der Waals surface area contributed by atoms with Crippen molar-refractivity contribution in [3.05, 3.63) is 60.2 Å². The quantitative estimate of drug-likeness (QED) is 0.676. The van der Waals surface area contributed by atoms with Crippen molar-refractivity contribution in [2.24, 2.45) is 5.10 Å². The van der Waals surface area contributed by atoms with Gasteiger partial charge in [-0.25, -0.2) is 4.83 Å². The number of nitrogens with one attached hydrogen (secondary N) is 1. The minimum Gasteiger partial charge on any atom is -0.497 e. The van der Waals surface area contributed by atoms with E-state index in [9.17, 15) is 8.42 Å². The van der Waals surface area contributed by atoms with E-state index in [0.29, 0.717) is 0 Å². The van der Waals surface area contributed by atoms with E-state index >= 15 is 0 Å². The molecule has 2 rings (SSSR count). The third-order valence-electron chi connectivity index (χ3n) is 2.56. The fraction of sp³-hybridized carbons (Fsp3) is 0.0714. The largest absolute Gasteiger partial charge is 0.497 e. The zero-order valence-electron chi connectivity index (χ0n) is 10.9. The highest BCUT2D eigenvalue weighted by atomic mass is 32.2. The predicted octanol–water partition coefficient (Wildman–Crippen LogP) is 2.01. The van der Waals surface area contributed by atoms with Crippen LogP contribution in [0.2, 0.25) is 0 Å². The van der Waals surface area contributed by atoms with Crippen molar-refractivity contribution in [2.45, 2.75) is 4.90 Å². The van der Waals surface area contributed by atoms with Gasteiger partial charge in [0.15, 0.2) is 0 Å². The molecule has 0 aliphatic carbocycles. The van der Waals surface area contributed by atoms with Gasteiger partial charge in [-0.05, 0) is 42.0 Å². The SMILES string of the molecule is COc1ccc(/C=N\NS(=O)(=O)c2ccccc2)cc1. The minimum atomic E-state index is -3.62. The van der Waals surface area contributed by atoms with Crippen LogP contribution >= 0.6 is 0 Å². The highest BCUT2D eigenvalue weighted by Gasteiger charge is 2.10. The average Bonchev–Trinajstić information content (AvgIpc) is 2.49. The van der Waals surface area contributed by atoms with Crippen LogP contribution in [-0.4, -0.2) is 21.7 Å². The van der Waals surface area contributed by atoms with Crippen LogP contribution in [-0.2, 0) is 10.0 Å². The average molecular weight is 290 g/mol. The van der Waals surface area contributed by atoms with Gasteiger partial charge < -0.3 is 4.74 Å². The fourth-order valence-corrected chi connectivity index (χ4v) is 2.32. The Labute approximate surface area is 118 Å². The maximum absolute atomic E-state index is 11.9. The van der Waals surface area contributed by atoms with Crippen LogP contribution in [0, 0.1) is 0 Å². The maximum Gasteiger partial charge on any atom is 0.276 e. The van der Waals surface area contributed by atoms with Gasteiger partial charge in [-0.2, -0.15) is 13.5 Å². The van der Waals surface area contributed by atoms with Crippen molar-refractivity contribution < 1.29 is 13.2 Å². The van der Waals surface area contributed by atoms with Gasteiger partial charge in [0.2, 0.25) is 0 Å². The van der Waals surface area contributed by atoms with E-state index in [0.717, 1.165) is 11.3 Å². The zero-order chi connectivity index (χ0) is 14.4. The van der Waals surface area contributed by atoms with Crippen LogP contribution in [0.25, 0.3) is 0 Å². The molecule has 0 fully saturated rings. The normalized spacial score (nSPS) is 11.4. The van der Waals surface area contributed by atoms with Crippen molar-refractivity contribution in [3.8, 4) is 5.75 Å². The monoisotopic (exact) mass is 290 g/mol. The molecule has 0 atom stereocenters. The number of sulfonamides is 1. The molecule has 6 heteroatoms. The summed E-state index contributed by atoms with van der Waals surface area (Å²) in [5.41, 5.74) is 0.765. The molecule has 1 N–H and O–H groups in total. The van der Waals surface area contributed by atoms with Crippen LogP contribution in [0.15, 0.2) is 64.6 Å². The molecule has 0 unspecified atom stereocenters. The number of methoxy groups -OCH3 is 1. The Kier molecular flexibility index (Phi) is 4.37. The molecule has 2 aromatic rings. The second kappa shape index (κ2) is 6.21. The Morgan fingerprint density at radius 1 is 1.05 bits per heavy atom. The van der Waals surface area contributed by atoms with E-state index in [4.69, 9.17) is 4.74 Å². The second-order valence-corrected chi connectivity index (χ2v) is 5.60. The summed E-state index contributed by atoms with van der Waals surface area (Å²) < 4.78 is 28.8. The summed E-state index contributed by atoms with van der Waals surface area (Å²) in [4.78, 5) is 2.34. The molecular formula is C14H14N2O3S. The lowest BCUT2D eigenvalue weighted by Crippen LogP contribution is -2.18. The molecule has 0 amide bonds. The number of benzene rings is 2. The molecule has 104 valence electrons. The summed E-state index contributed by atoms with van der Waals surface area (Å²) in [6, 6.07) is 15.2. The number of nitrogens with zero attached hydrogens (tertiary/aromatic N) is 1. The first-order valence-electron chi connectivity index (χ1n) is 5.86. The first-order valence-corrected chi connectivity index (χ1v) is 7.34. The summed E-state index contributed by atoms with van der Waals surface area (Å²) in [5, 5.41) is 3.74. The fourth-order valence-electron chi connectivity index (χ4n) is 1.51. The lowest BCUT2D eigenvalue weighted by atomic mass is 10.2. The molecule has 0 spiro atoms. The van der Waals surface area contributed by atoms with E-state index in [2.05, 4.69) is 9.93 Å². The predicted molar refractivity (Wildman–Crippen MR) is 77.4 cm³/mol. The zero-order valence-corrected chi connectivity index (χ0v) is 11.7. The van der Waals surface area contributed by atoms with Gasteiger partial charge in [0, 0.05) is 0 Å². The third-order valence-corrected chi connectivity index (χ3v) is 3.79. The molecule has 2 aromatic carbocycles. The van der Waals surface area contributed by atoms with Crippen LogP contribution in [0.4, 0.5) is 0 Å². The van der Waals surface area contributed by atoms with Crippen molar-refractivity contribution in [1.29, 1.82) is 0 Å². The number of ether oxygens (including phenoxy) is 1. The van der Waals surface area contributed by atoms with Gasteiger partial charge in [-0.15, -0.1) is 0 Å². The van der Waals surface area contributed by atoms with Crippen molar-refractivity contribution in [2.75, 3.05) is 7.11 Å². The summed E-state index contributed by atoms with van der Waals surface area (Å²) in [6.07, 6.45) is 1.43. The number of hydrogen-bond acceptors (Lipinski definition) is 4. The summed E-state index contributed by atoms with van der Waals surface area (Å²) in [7, 11) is -2.04. The molecular weight excluding hydrogens is 276 g/mol. The molecule has 20 heavy (non-hydrogen) atoms. The smallest absolute Gasteiger partial charge is 0.276 e. The van der Waals surface area contributed by atoms with Gasteiger partial charge in [-0.3, -0.25) is 0 Å². The molecule has 0 radical (unpaired) electrons. The minimum absolute atomic E-state index is 0.173. The van der Waals surface area contributed by atoms with E-state index in [1.54, 1.807) is 49.6 Å². The van der Waals surface area contributed by atoms with E-state index in [-0.39, 0.29) is 4.90 Å². The number of hydrogen-bond donors (Lipinski definition) is 1. The van der Waals surface area contributed by atoms with Gasteiger partial charge in [-0.1, -0.05) is 18.2 Å². The maximum atomic E-state index is 11.9. The van der Waals surface area contributed by atoms with E-state index < -0.39 is 10.0 Å². The Morgan fingerprint density at radius 3 is 2.30 bits per heavy atom. The molecule has 0 bridgehead atoms. The van der Waals surface area contributed by atoms with Gasteiger partial charge in [0.1, 0.15) is 5.75 Å². The number of rotatable bonds is 5. The van der Waals surface area contributed by atoms with Gasteiger partial charge in [0.05, 0.1) is 18.2 Å². The highest BCUT2D eigenvalue weighted by Crippen LogP contribution is 2.10. The van der Waals surface area contributed by atoms with Crippen LogP contribution in [0.5, 0.6) is 5.75 Å². The van der Waals surface area contributed by atoms with Crippen molar-refractivity contribution >= 4 is 16.2 Å². The highest BCUT2D eigenvalue weighted by molar-refractivity contribution is 7.89. The topological polar surface area (TPSA) is 67.8 Å². The van der Waals surface area contributed by atoms with Gasteiger partial charge in [0.25, 0.3) is 10.0 Å². The molecule has 0 saturated carbocycles. The van der Waals surface area contributed by atoms with Crippen LogP contribution in [0.1, 0.15) is 5.56 Å². The van der Waals surface area contributed by atoms with Crippen molar-refractivity contribution in [1.82, 2.24) is 4.83 Å². The van der Waals surface area contributed by atoms with Crippen LogP contribution < -0.4 is 9.57 Å². The lowest BCUT2D eigenvalue weighted by molar-refractivity contribution is 0.415. The summed E-state index contributed by atoms with van der Waals surface area (Å²) in [5.74, 6) is 0.729. The second-order valence-electron chi connectivity index (χ2n) is 3.94. The third kappa shape index (κ3) is 3.58. The molecule has 0 aromatic heterocycles. The lowest BCUT2D eigenvalue weighted by Gasteiger charge is -2.02. The first kappa shape index (κ1) is 14.1. The number of hydrazone groups is 1. The molecule has 0 heterocycles. The summed E-state index contributed by atoms with van der Waals surface area (Å²) >= 11 is 0. The molecule has 0 saturated heterocycles. The van der Waals surface area contributed by atoms with E-state index in [1.807, 2.05) is 0 Å². The van der Waals surface area contributed by atoms with Gasteiger partial charge >= 0.3 is 0 Å². The van der Waals surface area contributed by atoms with Crippen LogP contribution in [0.3, 0.4) is 0 Å². The first-order chi connectivity index (χ1) is 9.62. The van der Waals surface area contributed by atoms with Crippen molar-refractivity contribution in [3.63, 3.8) is 0 Å².